The van der Waals surface area contributed by atoms with Gasteiger partial charge in [0.1, 0.15) is 28.7 Å². The van der Waals surface area contributed by atoms with E-state index < -0.39 is 46.0 Å². The van der Waals surface area contributed by atoms with Crippen LogP contribution >= 0.6 is 0 Å². The maximum atomic E-state index is 15.9. The van der Waals surface area contributed by atoms with Crippen LogP contribution in [0.1, 0.15) is 58.7 Å². The third kappa shape index (κ3) is 5.68. The van der Waals surface area contributed by atoms with E-state index in [0.717, 1.165) is 12.1 Å². The number of carbonyl (C=O) groups is 1. The highest BCUT2D eigenvalue weighted by molar-refractivity contribution is 5.91. The number of hydrogen-bond donors (Lipinski definition) is 1. The summed E-state index contributed by atoms with van der Waals surface area (Å²) < 4.78 is 37.7. The van der Waals surface area contributed by atoms with E-state index in [0.29, 0.717) is 16.9 Å². The number of rotatable bonds is 4. The SMILES string of the molecule is Cc1ccnc(C(C)C)c1-n1c(=O)nc(N2CCN(C(=O)OC(C)(C)C)CC2C)c2cc(F)c(-c3c(O)cccc3F)nc21. The predicted molar refractivity (Wildman–Crippen MR) is 163 cm³/mol. The first-order valence-electron chi connectivity index (χ1n) is 14.5. The Labute approximate surface area is 254 Å². The van der Waals surface area contributed by atoms with E-state index in [-0.39, 0.29) is 48.4 Å². The van der Waals surface area contributed by atoms with E-state index in [4.69, 9.17) is 4.74 Å². The number of amides is 1. The number of aromatic nitrogens is 4. The molecule has 1 amide bonds. The lowest BCUT2D eigenvalue weighted by Gasteiger charge is -2.41. The Balaban J connectivity index is 1.74. The smallest absolute Gasteiger partial charge is 0.410 e. The summed E-state index contributed by atoms with van der Waals surface area (Å²) >= 11 is 0. The van der Waals surface area contributed by atoms with E-state index >= 15 is 4.39 Å². The number of ether oxygens (including phenoxy) is 1. The molecule has 12 heteroatoms. The zero-order chi connectivity index (χ0) is 32.1. The Morgan fingerprint density at radius 3 is 2.48 bits per heavy atom. The standard InChI is InChI=1S/C32H36F2N6O4/c1-17(2)25-27(18(3)11-12-35-25)40-29-20(15-22(34)26(36-29)24-21(33)9-8-10-23(24)41)28(37-30(40)42)39-14-13-38(16-19(39)4)31(43)44-32(5,6)7/h8-12,15,17,19,41H,13-14,16H2,1-7H3. The van der Waals surface area contributed by atoms with Gasteiger partial charge in [-0.05, 0) is 70.4 Å². The average molecular weight is 607 g/mol. The van der Waals surface area contributed by atoms with Gasteiger partial charge in [-0.2, -0.15) is 4.98 Å². The molecular formula is C32H36F2N6O4. The first-order chi connectivity index (χ1) is 20.7. The molecule has 1 atom stereocenters. The number of aryl methyl sites for hydroxylation is 1. The van der Waals surface area contributed by atoms with Gasteiger partial charge in [0.25, 0.3) is 0 Å². The number of phenolic OH excluding ortho intramolecular Hbond substituents is 1. The van der Waals surface area contributed by atoms with Crippen molar-refractivity contribution in [3.8, 4) is 22.7 Å². The minimum Gasteiger partial charge on any atom is -0.507 e. The molecule has 44 heavy (non-hydrogen) atoms. The van der Waals surface area contributed by atoms with Gasteiger partial charge >= 0.3 is 11.8 Å². The van der Waals surface area contributed by atoms with Crippen molar-refractivity contribution in [3.05, 3.63) is 69.9 Å². The molecule has 0 aliphatic carbocycles. The molecule has 10 nitrogen and oxygen atoms in total. The van der Waals surface area contributed by atoms with Crippen LogP contribution < -0.4 is 10.6 Å². The molecule has 0 saturated carbocycles. The molecule has 3 aromatic heterocycles. The Bertz CT molecular complexity index is 1800. The van der Waals surface area contributed by atoms with Crippen LogP contribution in [0.3, 0.4) is 0 Å². The normalized spacial score (nSPS) is 15.7. The maximum absolute atomic E-state index is 15.9. The summed E-state index contributed by atoms with van der Waals surface area (Å²) in [7, 11) is 0. The predicted octanol–water partition coefficient (Wildman–Crippen LogP) is 5.70. The van der Waals surface area contributed by atoms with E-state index in [9.17, 15) is 19.1 Å². The van der Waals surface area contributed by atoms with Gasteiger partial charge < -0.3 is 19.6 Å². The molecule has 1 fully saturated rings. The van der Waals surface area contributed by atoms with Crippen LogP contribution in [0.25, 0.3) is 28.0 Å². The van der Waals surface area contributed by atoms with Gasteiger partial charge in [0.15, 0.2) is 11.5 Å². The summed E-state index contributed by atoms with van der Waals surface area (Å²) in [4.78, 5) is 43.6. The minimum absolute atomic E-state index is 0.0267. The zero-order valence-corrected chi connectivity index (χ0v) is 25.9. The number of nitrogens with zero attached hydrogens (tertiary/aromatic N) is 6. The van der Waals surface area contributed by atoms with Crippen molar-refractivity contribution in [1.29, 1.82) is 0 Å². The highest BCUT2D eigenvalue weighted by Crippen LogP contribution is 2.37. The number of hydrogen-bond acceptors (Lipinski definition) is 8. The van der Waals surface area contributed by atoms with Crippen LogP contribution in [-0.2, 0) is 4.74 Å². The fourth-order valence-electron chi connectivity index (χ4n) is 5.50. The fourth-order valence-corrected chi connectivity index (χ4v) is 5.50. The molecule has 4 heterocycles. The molecule has 1 aromatic carbocycles. The molecule has 0 radical (unpaired) electrons. The zero-order valence-electron chi connectivity index (χ0n) is 25.9. The minimum atomic E-state index is -0.904. The highest BCUT2D eigenvalue weighted by Gasteiger charge is 2.33. The molecule has 5 rings (SSSR count). The van der Waals surface area contributed by atoms with Gasteiger partial charge in [-0.15, -0.1) is 0 Å². The number of pyridine rings is 2. The second-order valence-electron chi connectivity index (χ2n) is 12.4. The quantitative estimate of drug-likeness (QED) is 0.315. The molecule has 4 aromatic rings. The number of aromatic hydroxyl groups is 1. The van der Waals surface area contributed by atoms with Crippen molar-refractivity contribution in [2.75, 3.05) is 24.5 Å². The highest BCUT2D eigenvalue weighted by atomic mass is 19.1. The Hall–Kier alpha value is -4.61. The first-order valence-corrected chi connectivity index (χ1v) is 14.5. The number of carbonyl (C=O) groups excluding carboxylic acids is 1. The molecule has 1 unspecified atom stereocenters. The van der Waals surface area contributed by atoms with Gasteiger partial charge in [-0.3, -0.25) is 4.98 Å². The Morgan fingerprint density at radius 1 is 1.11 bits per heavy atom. The van der Waals surface area contributed by atoms with Crippen molar-refractivity contribution in [2.24, 2.45) is 0 Å². The van der Waals surface area contributed by atoms with Crippen LogP contribution in [0.5, 0.6) is 5.75 Å². The van der Waals surface area contributed by atoms with Crippen LogP contribution in [0.4, 0.5) is 19.4 Å². The lowest BCUT2D eigenvalue weighted by Crippen LogP contribution is -2.55. The van der Waals surface area contributed by atoms with Gasteiger partial charge in [0, 0.05) is 31.9 Å². The summed E-state index contributed by atoms with van der Waals surface area (Å²) in [6.45, 7) is 13.8. The maximum Gasteiger partial charge on any atom is 0.410 e. The molecule has 1 N–H and O–H groups in total. The van der Waals surface area contributed by atoms with Crippen molar-refractivity contribution >= 4 is 22.9 Å². The van der Waals surface area contributed by atoms with E-state index in [2.05, 4.69) is 15.0 Å². The van der Waals surface area contributed by atoms with Gasteiger partial charge in [0.05, 0.1) is 22.3 Å². The summed E-state index contributed by atoms with van der Waals surface area (Å²) in [5.74, 6) is -2.18. The molecule has 1 aliphatic heterocycles. The number of fused-ring (bicyclic) bond motifs is 1. The Kier molecular flexibility index (Phi) is 8.04. The third-order valence-corrected chi connectivity index (χ3v) is 7.51. The van der Waals surface area contributed by atoms with Crippen LogP contribution in [0.15, 0.2) is 41.3 Å². The number of piperazine rings is 1. The van der Waals surface area contributed by atoms with Crippen LogP contribution in [-0.4, -0.2) is 66.9 Å². The van der Waals surface area contributed by atoms with Crippen molar-refractivity contribution in [3.63, 3.8) is 0 Å². The van der Waals surface area contributed by atoms with Crippen LogP contribution in [0.2, 0.25) is 0 Å². The van der Waals surface area contributed by atoms with Crippen molar-refractivity contribution in [2.45, 2.75) is 66.0 Å². The number of anilines is 1. The lowest BCUT2D eigenvalue weighted by molar-refractivity contribution is 0.0218. The van der Waals surface area contributed by atoms with Gasteiger partial charge in [-0.25, -0.2) is 27.9 Å². The van der Waals surface area contributed by atoms with E-state index in [1.54, 1.807) is 37.9 Å². The van der Waals surface area contributed by atoms with Crippen molar-refractivity contribution in [1.82, 2.24) is 24.4 Å². The van der Waals surface area contributed by atoms with E-state index in [1.165, 1.54) is 16.7 Å². The fraction of sp³-hybridized carbons (Fsp3) is 0.406. The second-order valence-corrected chi connectivity index (χ2v) is 12.4. The van der Waals surface area contributed by atoms with E-state index in [1.807, 2.05) is 32.6 Å². The largest absolute Gasteiger partial charge is 0.507 e. The summed E-state index contributed by atoms with van der Waals surface area (Å²) in [5, 5.41) is 10.7. The summed E-state index contributed by atoms with van der Waals surface area (Å²) in [5.41, 5.74) is -0.432. The Morgan fingerprint density at radius 2 is 1.84 bits per heavy atom. The third-order valence-electron chi connectivity index (χ3n) is 7.51. The average Bonchev–Trinajstić information content (AvgIpc) is 2.92. The topological polar surface area (TPSA) is 114 Å². The first kappa shape index (κ1) is 30.8. The molecule has 0 bridgehead atoms. The number of phenols is 1. The summed E-state index contributed by atoms with van der Waals surface area (Å²) in [6.07, 6.45) is 1.19. The molecule has 1 aliphatic rings. The number of benzene rings is 1. The molecule has 0 spiro atoms. The molecular weight excluding hydrogens is 570 g/mol. The van der Waals surface area contributed by atoms with Crippen molar-refractivity contribution < 1.29 is 23.4 Å². The second kappa shape index (κ2) is 11.5. The monoisotopic (exact) mass is 606 g/mol. The lowest BCUT2D eigenvalue weighted by atomic mass is 10.0. The summed E-state index contributed by atoms with van der Waals surface area (Å²) in [6, 6.07) is 6.22. The number of halogens is 2. The van der Waals surface area contributed by atoms with Gasteiger partial charge in [-0.1, -0.05) is 19.9 Å². The molecule has 232 valence electrons. The van der Waals surface area contributed by atoms with Crippen LogP contribution in [0, 0.1) is 18.6 Å². The molecule has 1 saturated heterocycles. The van der Waals surface area contributed by atoms with Gasteiger partial charge in [0.2, 0.25) is 0 Å².